The molecule has 0 fully saturated rings. The van der Waals surface area contributed by atoms with Gasteiger partial charge in [-0.05, 0) is 37.1 Å². The van der Waals surface area contributed by atoms with E-state index < -0.39 is 11.7 Å². The van der Waals surface area contributed by atoms with Crippen LogP contribution in [0, 0.1) is 0 Å². The third-order valence-electron chi connectivity index (χ3n) is 4.37. The van der Waals surface area contributed by atoms with Gasteiger partial charge in [-0.1, -0.05) is 42.3 Å². The highest BCUT2D eigenvalue weighted by atomic mass is 35.5. The van der Waals surface area contributed by atoms with E-state index in [1.165, 1.54) is 0 Å². The van der Waals surface area contributed by atoms with Crippen molar-refractivity contribution in [2.45, 2.75) is 37.9 Å². The second-order valence-corrected chi connectivity index (χ2v) is 6.42. The van der Waals surface area contributed by atoms with Crippen LogP contribution in [0.2, 0.25) is 10.0 Å². The molecule has 0 aliphatic heterocycles. The topological polar surface area (TPSA) is 42.4 Å². The lowest BCUT2D eigenvalue weighted by Gasteiger charge is -2.40. The van der Waals surface area contributed by atoms with Crippen molar-refractivity contribution in [2.24, 2.45) is 0 Å². The minimum atomic E-state index is -1.25. The zero-order valence-corrected chi connectivity index (χ0v) is 15.0. The summed E-state index contributed by atoms with van der Waals surface area (Å²) in [6.07, 6.45) is 3.59. The Bertz CT molecular complexity index is 651. The molecular weight excluding hydrogens is 333 g/mol. The van der Waals surface area contributed by atoms with Crippen molar-refractivity contribution in [1.82, 2.24) is 4.98 Å². The first-order chi connectivity index (χ1) is 10.9. The summed E-state index contributed by atoms with van der Waals surface area (Å²) in [5, 5.41) is 12.7. The Morgan fingerprint density at radius 3 is 2.57 bits per heavy atom. The molecule has 124 valence electrons. The fraction of sp³-hybridized carbons (Fsp3) is 0.389. The van der Waals surface area contributed by atoms with Crippen molar-refractivity contribution in [3.8, 4) is 0 Å². The lowest BCUT2D eigenvalue weighted by molar-refractivity contribution is -0.109. The Morgan fingerprint density at radius 2 is 2.04 bits per heavy atom. The van der Waals surface area contributed by atoms with Gasteiger partial charge < -0.3 is 9.84 Å². The minimum absolute atomic E-state index is 0.258. The lowest BCUT2D eigenvalue weighted by atomic mass is 9.73. The number of pyridine rings is 1. The molecule has 1 aromatic heterocycles. The summed E-state index contributed by atoms with van der Waals surface area (Å²) in [4.78, 5) is 4.14. The van der Waals surface area contributed by atoms with Gasteiger partial charge in [0, 0.05) is 41.0 Å². The monoisotopic (exact) mass is 353 g/mol. The van der Waals surface area contributed by atoms with Crippen LogP contribution in [0.3, 0.4) is 0 Å². The van der Waals surface area contributed by atoms with Crippen molar-refractivity contribution in [3.63, 3.8) is 0 Å². The van der Waals surface area contributed by atoms with Crippen molar-refractivity contribution in [2.75, 3.05) is 7.11 Å². The van der Waals surface area contributed by atoms with E-state index in [1.807, 2.05) is 26.0 Å². The van der Waals surface area contributed by atoms with Crippen LogP contribution < -0.4 is 0 Å². The zero-order chi connectivity index (χ0) is 17.0. The first kappa shape index (κ1) is 18.2. The van der Waals surface area contributed by atoms with Crippen molar-refractivity contribution >= 4 is 23.2 Å². The fourth-order valence-electron chi connectivity index (χ4n) is 3.05. The Labute approximate surface area is 147 Å². The molecule has 2 rings (SSSR count). The van der Waals surface area contributed by atoms with Crippen molar-refractivity contribution in [3.05, 3.63) is 63.9 Å². The molecular formula is C18H21Cl2NO2. The van der Waals surface area contributed by atoms with E-state index in [1.54, 1.807) is 37.7 Å². The van der Waals surface area contributed by atoms with Crippen LogP contribution >= 0.6 is 23.2 Å². The molecule has 0 saturated heterocycles. The van der Waals surface area contributed by atoms with E-state index >= 15 is 0 Å². The third-order valence-corrected chi connectivity index (χ3v) is 4.94. The molecule has 1 aromatic carbocycles. The van der Waals surface area contributed by atoms with Crippen LogP contribution in [-0.4, -0.2) is 23.3 Å². The van der Waals surface area contributed by atoms with E-state index in [-0.39, 0.29) is 5.92 Å². The van der Waals surface area contributed by atoms with E-state index in [9.17, 15) is 5.11 Å². The minimum Gasteiger partial charge on any atom is -0.382 e. The maximum atomic E-state index is 11.6. The normalized spacial score (nSPS) is 16.6. The van der Waals surface area contributed by atoms with Crippen LogP contribution in [0.25, 0.3) is 0 Å². The second-order valence-electron chi connectivity index (χ2n) is 5.57. The molecule has 1 N–H and O–H groups in total. The lowest BCUT2D eigenvalue weighted by Crippen LogP contribution is -2.44. The van der Waals surface area contributed by atoms with Gasteiger partial charge in [-0.3, -0.25) is 4.98 Å². The number of methoxy groups -OCH3 is 1. The Hall–Kier alpha value is -1.13. The number of ether oxygens (including phenoxy) is 1. The average Bonchev–Trinajstić information content (AvgIpc) is 2.57. The summed E-state index contributed by atoms with van der Waals surface area (Å²) in [6, 6.07) is 9.01. The van der Waals surface area contributed by atoms with Crippen LogP contribution in [-0.2, 0) is 10.3 Å². The molecule has 1 heterocycles. The summed E-state index contributed by atoms with van der Waals surface area (Å²) in [5.74, 6) is -0.258. The first-order valence-corrected chi connectivity index (χ1v) is 8.31. The molecule has 0 spiro atoms. The molecule has 0 bridgehead atoms. The third kappa shape index (κ3) is 3.53. The summed E-state index contributed by atoms with van der Waals surface area (Å²) in [5.41, 5.74) is 0.288. The summed E-state index contributed by atoms with van der Waals surface area (Å²) in [7, 11) is 1.59. The van der Waals surface area contributed by atoms with E-state index in [4.69, 9.17) is 27.9 Å². The van der Waals surface area contributed by atoms with Crippen molar-refractivity contribution < 1.29 is 9.84 Å². The molecule has 5 heteroatoms. The molecule has 0 amide bonds. The molecule has 0 radical (unpaired) electrons. The highest BCUT2D eigenvalue weighted by Gasteiger charge is 2.44. The highest BCUT2D eigenvalue weighted by molar-refractivity contribution is 6.35. The molecule has 3 nitrogen and oxygen atoms in total. The van der Waals surface area contributed by atoms with Crippen LogP contribution in [0.15, 0.2) is 42.7 Å². The van der Waals surface area contributed by atoms with Crippen molar-refractivity contribution in [1.29, 1.82) is 0 Å². The maximum Gasteiger partial charge on any atom is 0.124 e. The van der Waals surface area contributed by atoms with Crippen LogP contribution in [0.1, 0.15) is 37.3 Å². The smallest absolute Gasteiger partial charge is 0.124 e. The number of hydrogen-bond donors (Lipinski definition) is 1. The molecule has 0 aliphatic carbocycles. The van der Waals surface area contributed by atoms with E-state index in [0.29, 0.717) is 22.0 Å². The van der Waals surface area contributed by atoms with Gasteiger partial charge in [0.25, 0.3) is 0 Å². The van der Waals surface area contributed by atoms with Gasteiger partial charge in [-0.2, -0.15) is 0 Å². The first-order valence-electron chi connectivity index (χ1n) is 7.55. The Balaban J connectivity index is 2.60. The fourth-order valence-corrected chi connectivity index (χ4v) is 3.59. The Morgan fingerprint density at radius 1 is 1.30 bits per heavy atom. The number of aliphatic hydroxyl groups is 1. The number of aromatic nitrogens is 1. The van der Waals surface area contributed by atoms with Gasteiger partial charge in [-0.15, -0.1) is 0 Å². The quantitative estimate of drug-likeness (QED) is 0.810. The van der Waals surface area contributed by atoms with E-state index in [2.05, 4.69) is 4.98 Å². The Kier molecular flexibility index (Phi) is 6.04. The maximum absolute atomic E-state index is 11.6. The number of rotatable bonds is 6. The average molecular weight is 354 g/mol. The molecule has 3 atom stereocenters. The van der Waals surface area contributed by atoms with Crippen LogP contribution in [0.4, 0.5) is 0 Å². The summed E-state index contributed by atoms with van der Waals surface area (Å²) in [6.45, 7) is 3.86. The second kappa shape index (κ2) is 7.63. The van der Waals surface area contributed by atoms with Gasteiger partial charge in [0.05, 0.1) is 6.10 Å². The predicted molar refractivity (Wildman–Crippen MR) is 94.1 cm³/mol. The van der Waals surface area contributed by atoms with Gasteiger partial charge in [-0.25, -0.2) is 0 Å². The SMILES string of the molecule is CCC(c1ccc(Cl)cc1Cl)C(O)(c1cccnc1)C(C)OC. The van der Waals surface area contributed by atoms with E-state index in [0.717, 1.165) is 5.56 Å². The number of halogens is 2. The largest absolute Gasteiger partial charge is 0.382 e. The number of hydrogen-bond acceptors (Lipinski definition) is 3. The number of benzene rings is 1. The molecule has 3 unspecified atom stereocenters. The molecule has 2 aromatic rings. The predicted octanol–water partition coefficient (Wildman–Crippen LogP) is 4.80. The molecule has 0 aliphatic rings. The van der Waals surface area contributed by atoms with Gasteiger partial charge in [0.2, 0.25) is 0 Å². The van der Waals surface area contributed by atoms with Gasteiger partial charge >= 0.3 is 0 Å². The molecule has 0 saturated carbocycles. The van der Waals surface area contributed by atoms with Crippen LogP contribution in [0.5, 0.6) is 0 Å². The van der Waals surface area contributed by atoms with Gasteiger partial charge in [0.15, 0.2) is 0 Å². The number of nitrogens with zero attached hydrogens (tertiary/aromatic N) is 1. The standard InChI is InChI=1S/C18H21Cl2NO2/c1-4-16(15-8-7-14(19)10-17(15)20)18(22,12(2)23-3)13-6-5-9-21-11-13/h5-12,16,22H,4H2,1-3H3. The molecule has 23 heavy (non-hydrogen) atoms. The highest BCUT2D eigenvalue weighted by Crippen LogP contribution is 2.45. The summed E-state index contributed by atoms with van der Waals surface area (Å²) >= 11 is 12.4. The zero-order valence-electron chi connectivity index (χ0n) is 13.5. The summed E-state index contributed by atoms with van der Waals surface area (Å²) < 4.78 is 5.49. The van der Waals surface area contributed by atoms with Gasteiger partial charge in [0.1, 0.15) is 5.60 Å².